The highest BCUT2D eigenvalue weighted by Crippen LogP contribution is 2.32. The van der Waals surface area contributed by atoms with Gasteiger partial charge in [-0.25, -0.2) is 4.39 Å². The van der Waals surface area contributed by atoms with Gasteiger partial charge in [-0.05, 0) is 40.7 Å². The molecule has 1 aromatic carbocycles. The molecule has 0 spiro atoms. The van der Waals surface area contributed by atoms with Crippen molar-refractivity contribution in [2.45, 2.75) is 6.42 Å². The van der Waals surface area contributed by atoms with E-state index in [2.05, 4.69) is 26.1 Å². The third-order valence-electron chi connectivity index (χ3n) is 2.35. The lowest BCUT2D eigenvalue weighted by atomic mass is 10.1. The van der Waals surface area contributed by atoms with Crippen molar-refractivity contribution in [2.24, 2.45) is 5.73 Å². The molecule has 0 aliphatic heterocycles. The molecule has 3 nitrogen and oxygen atoms in total. The second-order valence-corrected chi connectivity index (χ2v) is 4.76. The van der Waals surface area contributed by atoms with Crippen molar-refractivity contribution in [3.8, 4) is 11.3 Å². The monoisotopic (exact) mass is 317 g/mol. The van der Waals surface area contributed by atoms with Gasteiger partial charge < -0.3 is 5.73 Å². The Hall–Kier alpha value is -0.910. The van der Waals surface area contributed by atoms with Crippen LogP contribution in [-0.2, 0) is 6.42 Å². The second-order valence-electron chi connectivity index (χ2n) is 3.53. The van der Waals surface area contributed by atoms with Crippen molar-refractivity contribution in [2.75, 3.05) is 6.54 Å². The average Bonchev–Trinajstić information content (AvgIpc) is 2.65. The number of benzene rings is 1. The minimum Gasteiger partial charge on any atom is -0.330 e. The van der Waals surface area contributed by atoms with Gasteiger partial charge in [0, 0.05) is 17.0 Å². The van der Waals surface area contributed by atoms with E-state index in [9.17, 15) is 4.39 Å². The minimum atomic E-state index is -0.360. The molecule has 1 heterocycles. The van der Waals surface area contributed by atoms with Gasteiger partial charge in [0.05, 0.1) is 10.2 Å². The van der Waals surface area contributed by atoms with Crippen LogP contribution in [0.5, 0.6) is 0 Å². The van der Waals surface area contributed by atoms with E-state index >= 15 is 0 Å². The standard InChI is InChI=1S/C11H10BrClFN3/c12-10-9(3-4-15)16-17-11(10)7-5-6(13)1-2-8(7)14/h1-2,5H,3-4,15H2,(H,16,17). The first-order valence-electron chi connectivity index (χ1n) is 5.01. The van der Waals surface area contributed by atoms with Crippen LogP contribution < -0.4 is 5.73 Å². The molecular formula is C11H10BrClFN3. The highest BCUT2D eigenvalue weighted by molar-refractivity contribution is 9.10. The van der Waals surface area contributed by atoms with Crippen LogP contribution >= 0.6 is 27.5 Å². The van der Waals surface area contributed by atoms with Gasteiger partial charge in [0.1, 0.15) is 11.5 Å². The Morgan fingerprint density at radius 2 is 2.24 bits per heavy atom. The van der Waals surface area contributed by atoms with Crippen molar-refractivity contribution in [1.82, 2.24) is 10.2 Å². The van der Waals surface area contributed by atoms with Gasteiger partial charge in [-0.15, -0.1) is 0 Å². The van der Waals surface area contributed by atoms with E-state index in [1.54, 1.807) is 6.07 Å². The Labute approximate surface area is 111 Å². The van der Waals surface area contributed by atoms with Crippen LogP contribution in [0.25, 0.3) is 11.3 Å². The Bertz CT molecular complexity index is 542. The summed E-state index contributed by atoms with van der Waals surface area (Å²) in [6, 6.07) is 4.37. The first kappa shape index (κ1) is 12.5. The summed E-state index contributed by atoms with van der Waals surface area (Å²) >= 11 is 9.24. The summed E-state index contributed by atoms with van der Waals surface area (Å²) in [5.74, 6) is -0.360. The average molecular weight is 319 g/mol. The van der Waals surface area contributed by atoms with E-state index in [4.69, 9.17) is 17.3 Å². The number of aromatic amines is 1. The molecule has 17 heavy (non-hydrogen) atoms. The number of nitrogens with two attached hydrogens (primary N) is 1. The number of H-pyrrole nitrogens is 1. The topological polar surface area (TPSA) is 54.7 Å². The Kier molecular flexibility index (Phi) is 3.81. The molecule has 90 valence electrons. The number of aromatic nitrogens is 2. The highest BCUT2D eigenvalue weighted by Gasteiger charge is 2.15. The zero-order valence-electron chi connectivity index (χ0n) is 8.80. The molecule has 2 aromatic rings. The van der Waals surface area contributed by atoms with Crippen molar-refractivity contribution >= 4 is 27.5 Å². The van der Waals surface area contributed by atoms with Crippen molar-refractivity contribution in [3.63, 3.8) is 0 Å². The van der Waals surface area contributed by atoms with Crippen molar-refractivity contribution < 1.29 is 4.39 Å². The summed E-state index contributed by atoms with van der Waals surface area (Å²) in [6.07, 6.45) is 0.649. The summed E-state index contributed by atoms with van der Waals surface area (Å²) < 4.78 is 14.4. The van der Waals surface area contributed by atoms with Gasteiger partial charge in [-0.3, -0.25) is 5.10 Å². The molecule has 0 saturated heterocycles. The Morgan fingerprint density at radius 3 is 2.94 bits per heavy atom. The van der Waals surface area contributed by atoms with E-state index < -0.39 is 0 Å². The van der Waals surface area contributed by atoms with Crippen molar-refractivity contribution in [3.05, 3.63) is 39.2 Å². The first-order chi connectivity index (χ1) is 8.13. The molecule has 0 radical (unpaired) electrons. The lowest BCUT2D eigenvalue weighted by molar-refractivity contribution is 0.630. The Morgan fingerprint density at radius 1 is 1.47 bits per heavy atom. The maximum atomic E-state index is 13.7. The number of nitrogens with zero attached hydrogens (tertiary/aromatic N) is 1. The maximum absolute atomic E-state index is 13.7. The van der Waals surface area contributed by atoms with Gasteiger partial charge in [-0.2, -0.15) is 5.10 Å². The predicted molar refractivity (Wildman–Crippen MR) is 69.5 cm³/mol. The molecule has 0 aliphatic carbocycles. The molecule has 1 aromatic heterocycles. The first-order valence-corrected chi connectivity index (χ1v) is 6.18. The summed E-state index contributed by atoms with van der Waals surface area (Å²) in [5.41, 5.74) is 7.19. The molecule has 0 fully saturated rings. The lowest BCUT2D eigenvalue weighted by Crippen LogP contribution is -2.03. The van der Waals surface area contributed by atoms with Gasteiger partial charge >= 0.3 is 0 Å². The van der Waals surface area contributed by atoms with Crippen molar-refractivity contribution in [1.29, 1.82) is 0 Å². The molecule has 0 aliphatic rings. The quantitative estimate of drug-likeness (QED) is 0.913. The van der Waals surface area contributed by atoms with Crippen LogP contribution in [-0.4, -0.2) is 16.7 Å². The summed E-state index contributed by atoms with van der Waals surface area (Å²) in [4.78, 5) is 0. The molecular weight excluding hydrogens is 308 g/mol. The third-order valence-corrected chi connectivity index (χ3v) is 3.44. The van der Waals surface area contributed by atoms with E-state index in [0.29, 0.717) is 29.2 Å². The van der Waals surface area contributed by atoms with Crippen LogP contribution in [0.2, 0.25) is 5.02 Å². The van der Waals surface area contributed by atoms with Crippen LogP contribution in [0.3, 0.4) is 0 Å². The molecule has 0 bridgehead atoms. The molecule has 6 heteroatoms. The fraction of sp³-hybridized carbons (Fsp3) is 0.182. The van der Waals surface area contributed by atoms with E-state index in [0.717, 1.165) is 10.2 Å². The van der Waals surface area contributed by atoms with E-state index in [1.807, 2.05) is 0 Å². The highest BCUT2D eigenvalue weighted by atomic mass is 79.9. The molecule has 0 amide bonds. The smallest absolute Gasteiger partial charge is 0.132 e. The Balaban J connectivity index is 2.49. The summed E-state index contributed by atoms with van der Waals surface area (Å²) in [6.45, 7) is 0.498. The minimum absolute atomic E-state index is 0.360. The van der Waals surface area contributed by atoms with Gasteiger partial charge in [-0.1, -0.05) is 11.6 Å². The molecule has 3 N–H and O–H groups in total. The summed E-state index contributed by atoms with van der Waals surface area (Å²) in [5, 5.41) is 7.38. The largest absolute Gasteiger partial charge is 0.330 e. The zero-order chi connectivity index (χ0) is 12.4. The van der Waals surface area contributed by atoms with Crippen LogP contribution in [0, 0.1) is 5.82 Å². The fourth-order valence-corrected chi connectivity index (χ4v) is 2.29. The zero-order valence-corrected chi connectivity index (χ0v) is 11.1. The van der Waals surface area contributed by atoms with E-state index in [-0.39, 0.29) is 5.82 Å². The lowest BCUT2D eigenvalue weighted by Gasteiger charge is -2.01. The number of halogens is 3. The van der Waals surface area contributed by atoms with Crippen LogP contribution in [0.1, 0.15) is 5.69 Å². The molecule has 0 atom stereocenters. The third kappa shape index (κ3) is 2.51. The molecule has 0 unspecified atom stereocenters. The number of hydrogen-bond donors (Lipinski definition) is 2. The maximum Gasteiger partial charge on any atom is 0.132 e. The molecule has 2 rings (SSSR count). The number of rotatable bonds is 3. The van der Waals surface area contributed by atoms with Crippen LogP contribution in [0.4, 0.5) is 4.39 Å². The number of nitrogens with one attached hydrogen (secondary N) is 1. The van der Waals surface area contributed by atoms with Gasteiger partial charge in [0.15, 0.2) is 0 Å². The van der Waals surface area contributed by atoms with Gasteiger partial charge in [0.2, 0.25) is 0 Å². The van der Waals surface area contributed by atoms with E-state index in [1.165, 1.54) is 12.1 Å². The second kappa shape index (κ2) is 5.16. The molecule has 0 saturated carbocycles. The number of hydrogen-bond acceptors (Lipinski definition) is 2. The predicted octanol–water partition coefficient (Wildman–Crippen LogP) is 3.13. The fourth-order valence-electron chi connectivity index (χ4n) is 1.53. The van der Waals surface area contributed by atoms with Crippen LogP contribution in [0.15, 0.2) is 22.7 Å². The normalized spacial score (nSPS) is 10.8. The SMILES string of the molecule is NCCc1[nH]nc(-c2cc(Cl)ccc2F)c1Br. The summed E-state index contributed by atoms with van der Waals surface area (Å²) in [7, 11) is 0. The van der Waals surface area contributed by atoms with Gasteiger partial charge in [0.25, 0.3) is 0 Å².